The Morgan fingerprint density at radius 3 is 2.55 bits per heavy atom. The van der Waals surface area contributed by atoms with E-state index in [1.165, 1.54) is 0 Å². The number of halogens is 1. The number of hydrogen-bond donors (Lipinski definition) is 3. The third-order valence-electron chi connectivity index (χ3n) is 1.75. The highest BCUT2D eigenvalue weighted by atomic mass is 19.1. The molecule has 1 heterocycles. The second-order valence-electron chi connectivity index (χ2n) is 2.55. The SMILES string of the molecule is OC[C@H]1OC[C@H](F)[C@@H](O)[C@H]1O. The molecule has 1 aliphatic rings. The van der Waals surface area contributed by atoms with E-state index in [4.69, 9.17) is 15.3 Å². The molecule has 0 aromatic rings. The molecule has 3 N–H and O–H groups in total. The van der Waals surface area contributed by atoms with Gasteiger partial charge in [0.15, 0.2) is 6.17 Å². The van der Waals surface area contributed by atoms with Crippen molar-refractivity contribution >= 4 is 0 Å². The lowest BCUT2D eigenvalue weighted by Crippen LogP contribution is -2.52. The Hall–Kier alpha value is -0.230. The molecule has 0 aromatic heterocycles. The molecule has 1 aliphatic heterocycles. The molecule has 4 atom stereocenters. The fraction of sp³-hybridized carbons (Fsp3) is 1.00. The Labute approximate surface area is 63.2 Å². The Bertz CT molecular complexity index is 130. The van der Waals surface area contributed by atoms with E-state index in [1.807, 2.05) is 0 Å². The molecule has 0 spiro atoms. The maximum Gasteiger partial charge on any atom is 0.152 e. The van der Waals surface area contributed by atoms with Gasteiger partial charge in [0.1, 0.15) is 18.3 Å². The van der Waals surface area contributed by atoms with Crippen LogP contribution in [0.2, 0.25) is 0 Å². The number of hydrogen-bond acceptors (Lipinski definition) is 4. The Kier molecular flexibility index (Phi) is 2.78. The maximum absolute atomic E-state index is 12.5. The van der Waals surface area contributed by atoms with Gasteiger partial charge < -0.3 is 20.1 Å². The van der Waals surface area contributed by atoms with E-state index in [2.05, 4.69) is 4.74 Å². The zero-order valence-corrected chi connectivity index (χ0v) is 5.85. The van der Waals surface area contributed by atoms with Gasteiger partial charge in [-0.05, 0) is 0 Å². The lowest BCUT2D eigenvalue weighted by molar-refractivity contribution is -0.178. The zero-order valence-electron chi connectivity index (χ0n) is 5.85. The Morgan fingerprint density at radius 2 is 2.00 bits per heavy atom. The lowest BCUT2D eigenvalue weighted by atomic mass is 10.0. The topological polar surface area (TPSA) is 69.9 Å². The van der Waals surface area contributed by atoms with Gasteiger partial charge in [0, 0.05) is 0 Å². The van der Waals surface area contributed by atoms with Gasteiger partial charge in [-0.3, -0.25) is 0 Å². The molecule has 4 nitrogen and oxygen atoms in total. The quantitative estimate of drug-likeness (QED) is 0.440. The molecular formula is C6H11FO4. The average Bonchev–Trinajstić information content (AvgIpc) is 2.01. The van der Waals surface area contributed by atoms with Gasteiger partial charge in [0.2, 0.25) is 0 Å². The standard InChI is InChI=1S/C6H11FO4/c7-3-2-11-4(1-8)6(10)5(3)9/h3-6,8-10H,1-2H2/t3-,4+,5+,6-/m0/s1. The monoisotopic (exact) mass is 166 g/mol. The summed E-state index contributed by atoms with van der Waals surface area (Å²) in [6.07, 6.45) is -5.20. The van der Waals surface area contributed by atoms with Crippen molar-refractivity contribution in [2.45, 2.75) is 24.5 Å². The summed E-state index contributed by atoms with van der Waals surface area (Å²) in [5, 5.41) is 26.5. The van der Waals surface area contributed by atoms with E-state index in [1.54, 1.807) is 0 Å². The van der Waals surface area contributed by atoms with E-state index < -0.39 is 31.1 Å². The van der Waals surface area contributed by atoms with Crippen LogP contribution in [0.25, 0.3) is 0 Å². The third-order valence-corrected chi connectivity index (χ3v) is 1.75. The molecule has 0 bridgehead atoms. The lowest BCUT2D eigenvalue weighted by Gasteiger charge is -2.32. The second-order valence-corrected chi connectivity index (χ2v) is 2.55. The van der Waals surface area contributed by atoms with Gasteiger partial charge in [-0.2, -0.15) is 0 Å². The van der Waals surface area contributed by atoms with Crippen LogP contribution < -0.4 is 0 Å². The van der Waals surface area contributed by atoms with Crippen molar-refractivity contribution in [2.75, 3.05) is 13.2 Å². The minimum Gasteiger partial charge on any atom is -0.394 e. The van der Waals surface area contributed by atoms with Gasteiger partial charge in [-0.1, -0.05) is 0 Å². The van der Waals surface area contributed by atoms with Crippen LogP contribution in [0.3, 0.4) is 0 Å². The molecule has 1 saturated heterocycles. The van der Waals surface area contributed by atoms with Crippen LogP contribution in [0, 0.1) is 0 Å². The largest absolute Gasteiger partial charge is 0.394 e. The number of alkyl halides is 1. The molecule has 0 saturated carbocycles. The molecule has 0 radical (unpaired) electrons. The zero-order chi connectivity index (χ0) is 8.43. The summed E-state index contributed by atoms with van der Waals surface area (Å²) in [6, 6.07) is 0. The summed E-state index contributed by atoms with van der Waals surface area (Å²) in [5.41, 5.74) is 0. The van der Waals surface area contributed by atoms with Crippen molar-refractivity contribution in [1.82, 2.24) is 0 Å². The highest BCUT2D eigenvalue weighted by Crippen LogP contribution is 2.16. The first-order valence-corrected chi connectivity index (χ1v) is 3.39. The first-order chi connectivity index (χ1) is 5.16. The summed E-state index contributed by atoms with van der Waals surface area (Å²) in [4.78, 5) is 0. The number of aliphatic hydroxyl groups excluding tert-OH is 3. The summed E-state index contributed by atoms with van der Waals surface area (Å²) in [7, 11) is 0. The van der Waals surface area contributed by atoms with Crippen LogP contribution in [0.5, 0.6) is 0 Å². The van der Waals surface area contributed by atoms with E-state index in [9.17, 15) is 4.39 Å². The summed E-state index contributed by atoms with van der Waals surface area (Å²) in [5.74, 6) is 0. The minimum absolute atomic E-state index is 0.274. The second kappa shape index (κ2) is 3.44. The summed E-state index contributed by atoms with van der Waals surface area (Å²) < 4.78 is 17.2. The predicted molar refractivity (Wildman–Crippen MR) is 33.7 cm³/mol. The van der Waals surface area contributed by atoms with E-state index >= 15 is 0 Å². The third kappa shape index (κ3) is 1.67. The Morgan fingerprint density at radius 1 is 1.36 bits per heavy atom. The minimum atomic E-state index is -1.56. The molecule has 0 amide bonds. The van der Waals surface area contributed by atoms with E-state index in [0.29, 0.717) is 0 Å². The number of ether oxygens (including phenoxy) is 1. The normalized spacial score (nSPS) is 45.8. The first-order valence-electron chi connectivity index (χ1n) is 3.39. The predicted octanol–water partition coefficient (Wildman–Crippen LogP) is -1.56. The van der Waals surface area contributed by atoms with Crippen LogP contribution in [-0.2, 0) is 4.74 Å². The van der Waals surface area contributed by atoms with Crippen molar-refractivity contribution in [1.29, 1.82) is 0 Å². The van der Waals surface area contributed by atoms with Gasteiger partial charge in [-0.15, -0.1) is 0 Å². The molecule has 0 aromatic carbocycles. The average molecular weight is 166 g/mol. The van der Waals surface area contributed by atoms with Crippen LogP contribution in [0.1, 0.15) is 0 Å². The summed E-state index contributed by atoms with van der Waals surface area (Å²) in [6.45, 7) is -0.686. The summed E-state index contributed by atoms with van der Waals surface area (Å²) >= 11 is 0. The molecule has 5 heteroatoms. The van der Waals surface area contributed by atoms with Gasteiger partial charge >= 0.3 is 0 Å². The first kappa shape index (κ1) is 8.86. The molecule has 1 rings (SSSR count). The van der Waals surface area contributed by atoms with E-state index in [0.717, 1.165) is 0 Å². The van der Waals surface area contributed by atoms with Crippen molar-refractivity contribution in [3.63, 3.8) is 0 Å². The van der Waals surface area contributed by atoms with Crippen LogP contribution >= 0.6 is 0 Å². The molecule has 66 valence electrons. The van der Waals surface area contributed by atoms with Crippen molar-refractivity contribution < 1.29 is 24.4 Å². The van der Waals surface area contributed by atoms with Gasteiger partial charge in [0.25, 0.3) is 0 Å². The van der Waals surface area contributed by atoms with Gasteiger partial charge in [-0.25, -0.2) is 4.39 Å². The van der Waals surface area contributed by atoms with Crippen molar-refractivity contribution in [2.24, 2.45) is 0 Å². The number of rotatable bonds is 1. The Balaban J connectivity index is 2.52. The molecular weight excluding hydrogens is 155 g/mol. The van der Waals surface area contributed by atoms with Crippen LogP contribution in [0.15, 0.2) is 0 Å². The van der Waals surface area contributed by atoms with Crippen molar-refractivity contribution in [3.8, 4) is 0 Å². The van der Waals surface area contributed by atoms with Crippen LogP contribution in [-0.4, -0.2) is 53.0 Å². The highest BCUT2D eigenvalue weighted by molar-refractivity contribution is 4.86. The van der Waals surface area contributed by atoms with E-state index in [-0.39, 0.29) is 6.61 Å². The highest BCUT2D eigenvalue weighted by Gasteiger charge is 2.37. The molecule has 0 unspecified atom stereocenters. The maximum atomic E-state index is 12.5. The molecule has 11 heavy (non-hydrogen) atoms. The van der Waals surface area contributed by atoms with Crippen LogP contribution in [0.4, 0.5) is 4.39 Å². The molecule has 0 aliphatic carbocycles. The number of aliphatic hydroxyl groups is 3. The van der Waals surface area contributed by atoms with Gasteiger partial charge in [0.05, 0.1) is 13.2 Å². The fourth-order valence-corrected chi connectivity index (χ4v) is 1.01. The van der Waals surface area contributed by atoms with Crippen molar-refractivity contribution in [3.05, 3.63) is 0 Å². The smallest absolute Gasteiger partial charge is 0.152 e. The fourth-order valence-electron chi connectivity index (χ4n) is 1.01. The molecule has 1 fully saturated rings.